The highest BCUT2D eigenvalue weighted by Crippen LogP contribution is 2.62. The summed E-state index contributed by atoms with van der Waals surface area (Å²) in [5.41, 5.74) is 0.233. The Kier molecular flexibility index (Phi) is 2.66. The molecule has 1 aliphatic carbocycles. The van der Waals surface area contributed by atoms with Crippen LogP contribution in [0.4, 0.5) is 0 Å². The van der Waals surface area contributed by atoms with Gasteiger partial charge in [0.2, 0.25) is 0 Å². The van der Waals surface area contributed by atoms with Gasteiger partial charge in [-0.1, -0.05) is 43.6 Å². The van der Waals surface area contributed by atoms with Crippen LogP contribution in [0.3, 0.4) is 0 Å². The number of alkyl halides is 1. The van der Waals surface area contributed by atoms with Crippen molar-refractivity contribution in [3.8, 4) is 0 Å². The van der Waals surface area contributed by atoms with E-state index in [-0.39, 0.29) is 9.74 Å². The molecule has 2 unspecified atom stereocenters. The van der Waals surface area contributed by atoms with Crippen molar-refractivity contribution in [2.45, 2.75) is 45.4 Å². The highest BCUT2D eigenvalue weighted by Gasteiger charge is 2.60. The van der Waals surface area contributed by atoms with Crippen LogP contribution >= 0.6 is 15.9 Å². The first-order valence-electron chi connectivity index (χ1n) is 4.85. The topological polar surface area (TPSA) is 17.1 Å². The molecule has 0 aromatic carbocycles. The van der Waals surface area contributed by atoms with Crippen LogP contribution in [-0.2, 0) is 4.79 Å². The van der Waals surface area contributed by atoms with Crippen molar-refractivity contribution in [3.05, 3.63) is 0 Å². The lowest BCUT2D eigenvalue weighted by Crippen LogP contribution is -2.12. The Morgan fingerprint density at radius 3 is 2.15 bits per heavy atom. The molecule has 2 heteroatoms. The molecule has 1 nitrogen and oxygen atoms in total. The minimum absolute atomic E-state index is 0.166. The van der Waals surface area contributed by atoms with Crippen molar-refractivity contribution in [1.82, 2.24) is 0 Å². The fraction of sp³-hybridized carbons (Fsp3) is 0.909. The van der Waals surface area contributed by atoms with Crippen LogP contribution in [0.25, 0.3) is 0 Å². The molecule has 0 N–H and O–H groups in total. The molecule has 0 aliphatic heterocycles. The van der Waals surface area contributed by atoms with Crippen LogP contribution in [0, 0.1) is 17.3 Å². The van der Waals surface area contributed by atoms with Gasteiger partial charge in [-0.05, 0) is 24.7 Å². The summed E-state index contributed by atoms with van der Waals surface area (Å²) in [6.07, 6.45) is 1.09. The largest absolute Gasteiger partial charge is 0.300 e. The second kappa shape index (κ2) is 3.08. The second-order valence-electron chi connectivity index (χ2n) is 5.44. The molecule has 1 rings (SSSR count). The Bertz CT molecular complexity index is 225. The Morgan fingerprint density at radius 2 is 1.92 bits per heavy atom. The molecule has 1 aliphatic rings. The third kappa shape index (κ3) is 2.34. The molecule has 1 fully saturated rings. The smallest absolute Gasteiger partial charge is 0.133 e. The summed E-state index contributed by atoms with van der Waals surface area (Å²) in [6.45, 7) is 10.4. The molecule has 0 aromatic heterocycles. The third-order valence-electron chi connectivity index (χ3n) is 3.19. The standard InChI is InChI=1S/C11H19BrO/c1-7(13)9-8(11(9,4)5)6-10(2,3)12/h8-9H,6H2,1-5H3. The summed E-state index contributed by atoms with van der Waals surface area (Å²) in [4.78, 5) is 11.3. The average Bonchev–Trinajstić information content (AvgIpc) is 2.28. The number of Topliss-reactive ketones (excluding diaryl/α,β-unsaturated/α-hetero) is 1. The molecule has 0 amide bonds. The predicted octanol–water partition coefficient (Wildman–Crippen LogP) is 3.41. The maximum absolute atomic E-state index is 11.3. The maximum atomic E-state index is 11.3. The Labute approximate surface area is 89.4 Å². The summed E-state index contributed by atoms with van der Waals surface area (Å²) < 4.78 is 0.166. The second-order valence-corrected chi connectivity index (χ2v) is 7.59. The molecule has 0 radical (unpaired) electrons. The van der Waals surface area contributed by atoms with E-state index in [4.69, 9.17) is 0 Å². The van der Waals surface area contributed by atoms with Crippen LogP contribution < -0.4 is 0 Å². The van der Waals surface area contributed by atoms with Gasteiger partial charge in [-0.3, -0.25) is 4.79 Å². The quantitative estimate of drug-likeness (QED) is 0.698. The van der Waals surface area contributed by atoms with Crippen molar-refractivity contribution in [2.75, 3.05) is 0 Å². The SMILES string of the molecule is CC(=O)C1C(CC(C)(C)Br)C1(C)C. The van der Waals surface area contributed by atoms with Crippen molar-refractivity contribution < 1.29 is 4.79 Å². The summed E-state index contributed by atoms with van der Waals surface area (Å²) >= 11 is 3.64. The first-order valence-corrected chi connectivity index (χ1v) is 5.65. The molecular weight excluding hydrogens is 228 g/mol. The van der Waals surface area contributed by atoms with Gasteiger partial charge in [-0.15, -0.1) is 0 Å². The zero-order chi connectivity index (χ0) is 10.4. The van der Waals surface area contributed by atoms with E-state index in [1.54, 1.807) is 6.92 Å². The third-order valence-corrected chi connectivity index (χ3v) is 3.52. The zero-order valence-corrected chi connectivity index (χ0v) is 10.7. The number of carbonyl (C=O) groups is 1. The highest BCUT2D eigenvalue weighted by atomic mass is 79.9. The molecule has 1 saturated carbocycles. The van der Waals surface area contributed by atoms with E-state index >= 15 is 0 Å². The van der Waals surface area contributed by atoms with E-state index in [1.807, 2.05) is 0 Å². The van der Waals surface area contributed by atoms with Gasteiger partial charge in [0, 0.05) is 10.2 Å². The zero-order valence-electron chi connectivity index (χ0n) is 9.15. The summed E-state index contributed by atoms with van der Waals surface area (Å²) in [6, 6.07) is 0. The van der Waals surface area contributed by atoms with Gasteiger partial charge in [-0.25, -0.2) is 0 Å². The van der Waals surface area contributed by atoms with Gasteiger partial charge >= 0.3 is 0 Å². The normalized spacial score (nSPS) is 31.5. The van der Waals surface area contributed by atoms with Crippen LogP contribution in [0.1, 0.15) is 41.0 Å². The van der Waals surface area contributed by atoms with Crippen molar-refractivity contribution in [3.63, 3.8) is 0 Å². The lowest BCUT2D eigenvalue weighted by Gasteiger charge is -2.16. The monoisotopic (exact) mass is 246 g/mol. The molecule has 0 bridgehead atoms. The number of hydrogen-bond donors (Lipinski definition) is 0. The van der Waals surface area contributed by atoms with E-state index in [1.165, 1.54) is 0 Å². The predicted molar refractivity (Wildman–Crippen MR) is 59.1 cm³/mol. The highest BCUT2D eigenvalue weighted by molar-refractivity contribution is 9.10. The lowest BCUT2D eigenvalue weighted by molar-refractivity contribution is -0.119. The first-order chi connectivity index (χ1) is 5.66. The molecule has 0 spiro atoms. The number of carbonyl (C=O) groups excluding carboxylic acids is 1. The van der Waals surface area contributed by atoms with Crippen LogP contribution in [-0.4, -0.2) is 10.1 Å². The number of rotatable bonds is 3. The van der Waals surface area contributed by atoms with Crippen LogP contribution in [0.2, 0.25) is 0 Å². The van der Waals surface area contributed by atoms with Gasteiger partial charge < -0.3 is 0 Å². The fourth-order valence-corrected chi connectivity index (χ4v) is 2.80. The minimum Gasteiger partial charge on any atom is -0.300 e. The van der Waals surface area contributed by atoms with E-state index in [9.17, 15) is 4.79 Å². The summed E-state index contributed by atoms with van der Waals surface area (Å²) in [7, 11) is 0. The molecule has 2 atom stereocenters. The molecule has 0 saturated heterocycles. The molecular formula is C11H19BrO. The van der Waals surface area contributed by atoms with Gasteiger partial charge in [0.25, 0.3) is 0 Å². The van der Waals surface area contributed by atoms with Crippen molar-refractivity contribution in [2.24, 2.45) is 17.3 Å². The minimum atomic E-state index is 0.166. The number of halogens is 1. The van der Waals surface area contributed by atoms with Gasteiger partial charge in [-0.2, -0.15) is 0 Å². The van der Waals surface area contributed by atoms with Crippen molar-refractivity contribution >= 4 is 21.7 Å². The Balaban J connectivity index is 2.61. The molecule has 13 heavy (non-hydrogen) atoms. The van der Waals surface area contributed by atoms with E-state index < -0.39 is 0 Å². The van der Waals surface area contributed by atoms with Crippen molar-refractivity contribution in [1.29, 1.82) is 0 Å². The number of ketones is 1. The van der Waals surface area contributed by atoms with Gasteiger partial charge in [0.05, 0.1) is 0 Å². The van der Waals surface area contributed by atoms with E-state index in [0.717, 1.165) is 6.42 Å². The molecule has 0 heterocycles. The Hall–Kier alpha value is 0.150. The molecule has 0 aromatic rings. The molecule has 76 valence electrons. The van der Waals surface area contributed by atoms with Crippen LogP contribution in [0.15, 0.2) is 0 Å². The van der Waals surface area contributed by atoms with Gasteiger partial charge in [0.15, 0.2) is 0 Å². The first kappa shape index (κ1) is 11.2. The summed E-state index contributed by atoms with van der Waals surface area (Å²) in [5, 5.41) is 0. The Morgan fingerprint density at radius 1 is 1.46 bits per heavy atom. The lowest BCUT2D eigenvalue weighted by atomic mass is 10.0. The maximum Gasteiger partial charge on any atom is 0.133 e. The average molecular weight is 247 g/mol. The van der Waals surface area contributed by atoms with Crippen LogP contribution in [0.5, 0.6) is 0 Å². The van der Waals surface area contributed by atoms with E-state index in [2.05, 4.69) is 43.6 Å². The summed E-state index contributed by atoms with van der Waals surface area (Å²) in [5.74, 6) is 1.22. The van der Waals surface area contributed by atoms with E-state index in [0.29, 0.717) is 17.6 Å². The number of hydrogen-bond acceptors (Lipinski definition) is 1. The fourth-order valence-electron chi connectivity index (χ4n) is 2.46. The van der Waals surface area contributed by atoms with Gasteiger partial charge in [0.1, 0.15) is 5.78 Å².